The average Bonchev–Trinajstić information content (AvgIpc) is 2.65. The summed E-state index contributed by atoms with van der Waals surface area (Å²) in [5.74, 6) is 0.831. The third-order valence-corrected chi connectivity index (χ3v) is 4.08. The molecule has 26 heavy (non-hydrogen) atoms. The Hall–Kier alpha value is -1.60. The summed E-state index contributed by atoms with van der Waals surface area (Å²) in [5, 5.41) is 6.84. The van der Waals surface area contributed by atoms with Crippen molar-refractivity contribution in [2.75, 3.05) is 14.2 Å². The predicted molar refractivity (Wildman–Crippen MR) is 120 cm³/mol. The lowest BCUT2D eigenvalue weighted by atomic mass is 10.1. The van der Waals surface area contributed by atoms with Crippen LogP contribution in [0.3, 0.4) is 0 Å². The minimum atomic E-state index is 0. The lowest BCUT2D eigenvalue weighted by molar-refractivity contribution is 0.185. The number of methoxy groups -OCH3 is 1. The highest BCUT2D eigenvalue weighted by atomic mass is 127. The van der Waals surface area contributed by atoms with Crippen molar-refractivity contribution in [3.8, 4) is 0 Å². The van der Waals surface area contributed by atoms with Gasteiger partial charge in [-0.05, 0) is 36.5 Å². The molecule has 0 bridgehead atoms. The van der Waals surface area contributed by atoms with Crippen LogP contribution in [-0.2, 0) is 24.3 Å². The zero-order valence-corrected chi connectivity index (χ0v) is 18.2. The molecule has 0 radical (unpaired) electrons. The molecular weight excluding hydrogens is 437 g/mol. The van der Waals surface area contributed by atoms with Crippen molar-refractivity contribution in [2.24, 2.45) is 4.99 Å². The Morgan fingerprint density at radius 2 is 1.73 bits per heavy atom. The molecule has 0 amide bonds. The number of ether oxygens (including phenoxy) is 1. The Bertz CT molecular complexity index is 661. The summed E-state index contributed by atoms with van der Waals surface area (Å²) in [6.45, 7) is 3.56. The van der Waals surface area contributed by atoms with Gasteiger partial charge in [0.15, 0.2) is 5.96 Å². The van der Waals surface area contributed by atoms with E-state index in [2.05, 4.69) is 77.1 Å². The van der Waals surface area contributed by atoms with Crippen molar-refractivity contribution in [3.05, 3.63) is 71.3 Å². The molecule has 0 spiro atoms. The zero-order chi connectivity index (χ0) is 17.9. The average molecular weight is 467 g/mol. The summed E-state index contributed by atoms with van der Waals surface area (Å²) >= 11 is 0. The molecule has 0 aliphatic carbocycles. The number of aryl methyl sites for hydroxylation is 1. The Kier molecular flexibility index (Phi) is 11.0. The van der Waals surface area contributed by atoms with Gasteiger partial charge < -0.3 is 15.4 Å². The SMILES string of the molecule is CN=C(NCc1cccc(COC)c1)NC(C)CCc1ccccc1.I. The molecule has 0 aliphatic rings. The summed E-state index contributed by atoms with van der Waals surface area (Å²) in [5.41, 5.74) is 3.77. The third kappa shape index (κ3) is 8.19. The summed E-state index contributed by atoms with van der Waals surface area (Å²) in [6, 6.07) is 19.3. The highest BCUT2D eigenvalue weighted by Crippen LogP contribution is 2.07. The van der Waals surface area contributed by atoms with E-state index in [0.29, 0.717) is 12.6 Å². The normalized spacial score (nSPS) is 12.2. The first kappa shape index (κ1) is 22.4. The minimum Gasteiger partial charge on any atom is -0.380 e. The van der Waals surface area contributed by atoms with Gasteiger partial charge >= 0.3 is 0 Å². The largest absolute Gasteiger partial charge is 0.380 e. The molecule has 0 aliphatic heterocycles. The molecule has 0 heterocycles. The summed E-state index contributed by atoms with van der Waals surface area (Å²) in [6.07, 6.45) is 2.12. The topological polar surface area (TPSA) is 45.7 Å². The van der Waals surface area contributed by atoms with Crippen LogP contribution in [0.4, 0.5) is 0 Å². The van der Waals surface area contributed by atoms with E-state index < -0.39 is 0 Å². The standard InChI is InChI=1S/C21H29N3O.HI/c1-17(12-13-18-8-5-4-6-9-18)24-21(22-2)23-15-19-10-7-11-20(14-19)16-25-3;/h4-11,14,17H,12-13,15-16H2,1-3H3,(H2,22,23,24);1H. The van der Waals surface area contributed by atoms with Crippen LogP contribution in [0.1, 0.15) is 30.0 Å². The number of nitrogens with one attached hydrogen (secondary N) is 2. The van der Waals surface area contributed by atoms with E-state index in [1.54, 1.807) is 14.2 Å². The van der Waals surface area contributed by atoms with Crippen molar-refractivity contribution in [3.63, 3.8) is 0 Å². The predicted octanol–water partition coefficient (Wildman–Crippen LogP) is 4.14. The number of hydrogen-bond donors (Lipinski definition) is 2. The minimum absolute atomic E-state index is 0. The molecule has 0 saturated heterocycles. The van der Waals surface area contributed by atoms with E-state index >= 15 is 0 Å². The van der Waals surface area contributed by atoms with Crippen molar-refractivity contribution in [1.82, 2.24) is 10.6 Å². The number of benzene rings is 2. The molecule has 1 atom stereocenters. The van der Waals surface area contributed by atoms with E-state index in [4.69, 9.17) is 4.74 Å². The van der Waals surface area contributed by atoms with Crippen LogP contribution in [-0.4, -0.2) is 26.2 Å². The molecule has 0 aromatic heterocycles. The van der Waals surface area contributed by atoms with Crippen LogP contribution in [0.15, 0.2) is 59.6 Å². The fourth-order valence-electron chi connectivity index (χ4n) is 2.71. The van der Waals surface area contributed by atoms with Gasteiger partial charge in [0, 0.05) is 26.7 Å². The molecule has 0 fully saturated rings. The molecule has 1 unspecified atom stereocenters. The summed E-state index contributed by atoms with van der Waals surface area (Å²) < 4.78 is 5.19. The molecular formula is C21H30IN3O. The van der Waals surface area contributed by atoms with Crippen LogP contribution >= 0.6 is 24.0 Å². The Labute approximate surface area is 174 Å². The Morgan fingerprint density at radius 3 is 2.42 bits per heavy atom. The van der Waals surface area contributed by atoms with Gasteiger partial charge in [-0.25, -0.2) is 0 Å². The lowest BCUT2D eigenvalue weighted by Gasteiger charge is -2.18. The molecule has 4 nitrogen and oxygen atoms in total. The number of aliphatic imine (C=N–C) groups is 1. The number of halogens is 1. The number of rotatable bonds is 8. The molecule has 2 rings (SSSR count). The van der Waals surface area contributed by atoms with Crippen molar-refractivity contribution >= 4 is 29.9 Å². The van der Waals surface area contributed by atoms with E-state index in [1.807, 2.05) is 0 Å². The maximum absolute atomic E-state index is 5.19. The van der Waals surface area contributed by atoms with Crippen molar-refractivity contribution < 1.29 is 4.74 Å². The van der Waals surface area contributed by atoms with Gasteiger partial charge in [0.05, 0.1) is 6.61 Å². The molecule has 142 valence electrons. The van der Waals surface area contributed by atoms with E-state index in [0.717, 1.165) is 25.3 Å². The van der Waals surface area contributed by atoms with Crippen LogP contribution in [0, 0.1) is 0 Å². The maximum Gasteiger partial charge on any atom is 0.191 e. The van der Waals surface area contributed by atoms with E-state index in [-0.39, 0.29) is 24.0 Å². The van der Waals surface area contributed by atoms with Crippen LogP contribution in [0.25, 0.3) is 0 Å². The van der Waals surface area contributed by atoms with Crippen LogP contribution in [0.2, 0.25) is 0 Å². The van der Waals surface area contributed by atoms with Gasteiger partial charge in [-0.15, -0.1) is 24.0 Å². The first-order valence-corrected chi connectivity index (χ1v) is 8.79. The fraction of sp³-hybridized carbons (Fsp3) is 0.381. The third-order valence-electron chi connectivity index (χ3n) is 4.08. The molecule has 5 heteroatoms. The number of nitrogens with zero attached hydrogens (tertiary/aromatic N) is 1. The van der Waals surface area contributed by atoms with E-state index in [9.17, 15) is 0 Å². The van der Waals surface area contributed by atoms with Gasteiger partial charge in [0.2, 0.25) is 0 Å². The first-order chi connectivity index (χ1) is 12.2. The second-order valence-electron chi connectivity index (χ2n) is 6.25. The monoisotopic (exact) mass is 467 g/mol. The first-order valence-electron chi connectivity index (χ1n) is 8.79. The van der Waals surface area contributed by atoms with Crippen LogP contribution < -0.4 is 10.6 Å². The highest BCUT2D eigenvalue weighted by molar-refractivity contribution is 14.0. The van der Waals surface area contributed by atoms with Crippen molar-refractivity contribution in [1.29, 1.82) is 0 Å². The van der Waals surface area contributed by atoms with Gasteiger partial charge in [0.25, 0.3) is 0 Å². The number of hydrogen-bond acceptors (Lipinski definition) is 2. The fourth-order valence-corrected chi connectivity index (χ4v) is 2.71. The smallest absolute Gasteiger partial charge is 0.191 e. The second-order valence-corrected chi connectivity index (χ2v) is 6.25. The van der Waals surface area contributed by atoms with E-state index in [1.165, 1.54) is 16.7 Å². The van der Waals surface area contributed by atoms with Gasteiger partial charge in [0.1, 0.15) is 0 Å². The van der Waals surface area contributed by atoms with Gasteiger partial charge in [-0.3, -0.25) is 4.99 Å². The molecule has 2 aromatic rings. The maximum atomic E-state index is 5.19. The molecule has 2 N–H and O–H groups in total. The van der Waals surface area contributed by atoms with Gasteiger partial charge in [-0.1, -0.05) is 54.6 Å². The molecule has 2 aromatic carbocycles. The highest BCUT2D eigenvalue weighted by Gasteiger charge is 2.06. The van der Waals surface area contributed by atoms with Gasteiger partial charge in [-0.2, -0.15) is 0 Å². The quantitative estimate of drug-likeness (QED) is 0.349. The zero-order valence-electron chi connectivity index (χ0n) is 15.9. The summed E-state index contributed by atoms with van der Waals surface area (Å²) in [7, 11) is 3.52. The molecule has 0 saturated carbocycles. The number of guanidine groups is 1. The Morgan fingerprint density at radius 1 is 1.04 bits per heavy atom. The summed E-state index contributed by atoms with van der Waals surface area (Å²) in [4.78, 5) is 4.33. The second kappa shape index (κ2) is 12.7. The lowest BCUT2D eigenvalue weighted by Crippen LogP contribution is -2.42. The van der Waals surface area contributed by atoms with Crippen LogP contribution in [0.5, 0.6) is 0 Å². The Balaban J connectivity index is 0.00000338. The van der Waals surface area contributed by atoms with Crippen molar-refractivity contribution in [2.45, 2.75) is 39.0 Å².